The first-order chi connectivity index (χ1) is 7.25. The molecule has 0 spiro atoms. The Kier molecular flexibility index (Phi) is 1.86. The quantitative estimate of drug-likeness (QED) is 0.652. The summed E-state index contributed by atoms with van der Waals surface area (Å²) >= 11 is 6.08. The first kappa shape index (κ1) is 8.98. The highest BCUT2D eigenvalue weighted by Crippen LogP contribution is 2.45. The minimum Gasteiger partial charge on any atom is -0.485 e. The maximum Gasteiger partial charge on any atom is 0.128 e. The van der Waals surface area contributed by atoms with E-state index < -0.39 is 0 Å². The lowest BCUT2D eigenvalue weighted by Gasteiger charge is -2.15. The molecule has 1 aliphatic carbocycles. The molecule has 0 saturated heterocycles. The lowest BCUT2D eigenvalue weighted by Crippen LogP contribution is -2.16. The maximum atomic E-state index is 13.1. The molecule has 1 aromatic rings. The van der Waals surface area contributed by atoms with E-state index in [9.17, 15) is 4.39 Å². The zero-order valence-corrected chi connectivity index (χ0v) is 8.54. The highest BCUT2D eigenvalue weighted by Gasteiger charge is 2.34. The van der Waals surface area contributed by atoms with Gasteiger partial charge in [-0.3, -0.25) is 0 Å². The number of allylic oxidation sites excluding steroid dienone is 2. The van der Waals surface area contributed by atoms with Crippen molar-refractivity contribution in [1.29, 1.82) is 0 Å². The molecule has 0 radical (unpaired) electrons. The molecule has 1 nitrogen and oxygen atoms in total. The van der Waals surface area contributed by atoms with Crippen molar-refractivity contribution in [3.05, 3.63) is 52.8 Å². The number of fused-ring (bicyclic) bond motifs is 3. The number of hydrogen-bond acceptors (Lipinski definition) is 1. The van der Waals surface area contributed by atoms with Gasteiger partial charge in [-0.1, -0.05) is 17.7 Å². The Balaban J connectivity index is 2.15. The van der Waals surface area contributed by atoms with Crippen molar-refractivity contribution in [3.8, 4) is 5.75 Å². The molecule has 0 saturated carbocycles. The van der Waals surface area contributed by atoms with Gasteiger partial charge in [-0.15, -0.1) is 0 Å². The van der Waals surface area contributed by atoms with Gasteiger partial charge < -0.3 is 4.74 Å². The molecule has 3 heteroatoms. The van der Waals surface area contributed by atoms with Gasteiger partial charge in [-0.05, 0) is 30.4 Å². The molecule has 1 aromatic carbocycles. The highest BCUT2D eigenvalue weighted by atomic mass is 35.5. The molecule has 0 bridgehead atoms. The zero-order valence-electron chi connectivity index (χ0n) is 7.78. The fraction of sp³-hybridized carbons (Fsp3) is 0.167. The SMILES string of the molecule is FC1=CC2c3c(Cl)cccc3OC2C=C1. The molecule has 0 amide bonds. The molecular weight excluding hydrogens is 215 g/mol. The van der Waals surface area contributed by atoms with Crippen LogP contribution in [0, 0.1) is 0 Å². The second kappa shape index (κ2) is 3.11. The molecule has 0 fully saturated rings. The van der Waals surface area contributed by atoms with Crippen LogP contribution in [0.4, 0.5) is 4.39 Å². The van der Waals surface area contributed by atoms with Crippen LogP contribution in [0.5, 0.6) is 5.75 Å². The molecule has 76 valence electrons. The van der Waals surface area contributed by atoms with Crippen molar-refractivity contribution in [1.82, 2.24) is 0 Å². The Morgan fingerprint density at radius 1 is 1.33 bits per heavy atom. The minimum absolute atomic E-state index is 0.0845. The Labute approximate surface area is 91.8 Å². The van der Waals surface area contributed by atoms with E-state index in [-0.39, 0.29) is 17.8 Å². The summed E-state index contributed by atoms with van der Waals surface area (Å²) in [6.45, 7) is 0. The zero-order chi connectivity index (χ0) is 10.4. The van der Waals surface area contributed by atoms with Gasteiger partial charge in [0.1, 0.15) is 17.7 Å². The molecule has 2 atom stereocenters. The first-order valence-corrected chi connectivity index (χ1v) is 5.14. The second-order valence-electron chi connectivity index (χ2n) is 3.67. The van der Waals surface area contributed by atoms with Crippen LogP contribution in [0.25, 0.3) is 0 Å². The molecule has 15 heavy (non-hydrogen) atoms. The molecule has 2 aliphatic rings. The van der Waals surface area contributed by atoms with Gasteiger partial charge in [0.05, 0.1) is 5.92 Å². The molecule has 3 rings (SSSR count). The molecule has 1 heterocycles. The van der Waals surface area contributed by atoms with Gasteiger partial charge in [-0.2, -0.15) is 0 Å². The van der Waals surface area contributed by atoms with Gasteiger partial charge in [0, 0.05) is 10.6 Å². The average molecular weight is 223 g/mol. The summed E-state index contributed by atoms with van der Waals surface area (Å²) < 4.78 is 18.8. The van der Waals surface area contributed by atoms with Gasteiger partial charge in [0.25, 0.3) is 0 Å². The maximum absolute atomic E-state index is 13.1. The highest BCUT2D eigenvalue weighted by molar-refractivity contribution is 6.31. The smallest absolute Gasteiger partial charge is 0.128 e. The van der Waals surface area contributed by atoms with Crippen LogP contribution in [0.15, 0.2) is 42.3 Å². The number of ether oxygens (including phenoxy) is 1. The summed E-state index contributed by atoms with van der Waals surface area (Å²) in [7, 11) is 0. The van der Waals surface area contributed by atoms with Crippen LogP contribution >= 0.6 is 11.6 Å². The third-order valence-corrected chi connectivity index (χ3v) is 3.08. The average Bonchev–Trinajstić information content (AvgIpc) is 2.57. The Morgan fingerprint density at radius 2 is 2.20 bits per heavy atom. The normalized spacial score (nSPS) is 26.7. The number of halogens is 2. The van der Waals surface area contributed by atoms with Crippen LogP contribution in [0.2, 0.25) is 5.02 Å². The van der Waals surface area contributed by atoms with Crippen molar-refractivity contribution in [2.75, 3.05) is 0 Å². The summed E-state index contributed by atoms with van der Waals surface area (Å²) in [5.74, 6) is 0.444. The largest absolute Gasteiger partial charge is 0.485 e. The van der Waals surface area contributed by atoms with E-state index in [1.807, 2.05) is 12.1 Å². The number of benzene rings is 1. The Bertz CT molecular complexity index is 479. The topological polar surface area (TPSA) is 9.23 Å². The summed E-state index contributed by atoms with van der Waals surface area (Å²) in [5, 5.41) is 0.638. The van der Waals surface area contributed by atoms with Crippen LogP contribution in [0.3, 0.4) is 0 Å². The second-order valence-corrected chi connectivity index (χ2v) is 4.08. The van der Waals surface area contributed by atoms with Crippen molar-refractivity contribution in [3.63, 3.8) is 0 Å². The molecular formula is C12H8ClFO. The van der Waals surface area contributed by atoms with Crippen LogP contribution in [-0.4, -0.2) is 6.10 Å². The summed E-state index contributed by atoms with van der Waals surface area (Å²) in [4.78, 5) is 0. The number of rotatable bonds is 0. The van der Waals surface area contributed by atoms with E-state index >= 15 is 0 Å². The van der Waals surface area contributed by atoms with Crippen molar-refractivity contribution in [2.24, 2.45) is 0 Å². The molecule has 2 unspecified atom stereocenters. The van der Waals surface area contributed by atoms with E-state index in [4.69, 9.17) is 16.3 Å². The first-order valence-electron chi connectivity index (χ1n) is 4.76. The molecule has 1 aliphatic heterocycles. The lowest BCUT2D eigenvalue weighted by molar-refractivity contribution is 0.266. The van der Waals surface area contributed by atoms with E-state index in [1.165, 1.54) is 6.08 Å². The predicted molar refractivity (Wildman–Crippen MR) is 56.9 cm³/mol. The van der Waals surface area contributed by atoms with E-state index in [2.05, 4.69) is 0 Å². The summed E-state index contributed by atoms with van der Waals surface area (Å²) in [5.41, 5.74) is 0.892. The van der Waals surface area contributed by atoms with Crippen molar-refractivity contribution < 1.29 is 9.13 Å². The lowest BCUT2D eigenvalue weighted by atomic mass is 9.92. The fourth-order valence-electron chi connectivity index (χ4n) is 2.08. The van der Waals surface area contributed by atoms with Crippen LogP contribution in [0.1, 0.15) is 11.5 Å². The molecule has 0 aromatic heterocycles. The van der Waals surface area contributed by atoms with Crippen molar-refractivity contribution >= 4 is 11.6 Å². The Hall–Kier alpha value is -1.28. The number of hydrogen-bond donors (Lipinski definition) is 0. The van der Waals surface area contributed by atoms with Gasteiger partial charge >= 0.3 is 0 Å². The van der Waals surface area contributed by atoms with Crippen molar-refractivity contribution in [2.45, 2.75) is 12.0 Å². The third-order valence-electron chi connectivity index (χ3n) is 2.75. The minimum atomic E-state index is -0.229. The standard InChI is InChI=1S/C12H8ClFO/c13-9-2-1-3-11-12(9)8-6-7(14)4-5-10(8)15-11/h1-6,8,10H. The van der Waals surface area contributed by atoms with Gasteiger partial charge in [0.15, 0.2) is 0 Å². The summed E-state index contributed by atoms with van der Waals surface area (Å²) in [6, 6.07) is 5.50. The van der Waals surface area contributed by atoms with Gasteiger partial charge in [-0.25, -0.2) is 4.39 Å². The fourth-order valence-corrected chi connectivity index (χ4v) is 2.37. The van der Waals surface area contributed by atoms with E-state index in [0.717, 1.165) is 11.3 Å². The van der Waals surface area contributed by atoms with Crippen LogP contribution < -0.4 is 4.74 Å². The third kappa shape index (κ3) is 1.29. The van der Waals surface area contributed by atoms with E-state index in [0.29, 0.717) is 5.02 Å². The predicted octanol–water partition coefficient (Wildman–Crippen LogP) is 3.61. The summed E-state index contributed by atoms with van der Waals surface area (Å²) in [6.07, 6.45) is 4.61. The monoisotopic (exact) mass is 222 g/mol. The van der Waals surface area contributed by atoms with Gasteiger partial charge in [0.2, 0.25) is 0 Å². The Morgan fingerprint density at radius 3 is 3.07 bits per heavy atom. The van der Waals surface area contributed by atoms with Crippen LogP contribution in [-0.2, 0) is 0 Å². The molecule has 0 N–H and O–H groups in total. The van der Waals surface area contributed by atoms with E-state index in [1.54, 1.807) is 18.2 Å².